The summed E-state index contributed by atoms with van der Waals surface area (Å²) in [7, 11) is 1.77. The Kier molecular flexibility index (Phi) is 4.55. The molecule has 2 heterocycles. The van der Waals surface area contributed by atoms with E-state index in [2.05, 4.69) is 9.88 Å². The number of rotatable bonds is 4. The number of hydrogen-bond donors (Lipinski definition) is 1. The third kappa shape index (κ3) is 3.21. The Morgan fingerprint density at radius 1 is 1.44 bits per heavy atom. The standard InChI is InChI=1S/C14H22N2O2/c1-11(17)14-4-3-13(9-15-14)16-7-5-12(6-8-16)10-18-2/h3-4,9,11-12,17H,5-8,10H2,1-2H3/t11-/m0/s1. The Balaban J connectivity index is 1.93. The van der Waals surface area contributed by atoms with E-state index in [4.69, 9.17) is 4.74 Å². The lowest BCUT2D eigenvalue weighted by Crippen LogP contribution is -2.35. The van der Waals surface area contributed by atoms with Crippen LogP contribution in [0.1, 0.15) is 31.6 Å². The maximum atomic E-state index is 9.43. The number of aliphatic hydroxyl groups is 1. The zero-order chi connectivity index (χ0) is 13.0. The largest absolute Gasteiger partial charge is 0.387 e. The van der Waals surface area contributed by atoms with Crippen LogP contribution in [0.5, 0.6) is 0 Å². The highest BCUT2D eigenvalue weighted by atomic mass is 16.5. The summed E-state index contributed by atoms with van der Waals surface area (Å²) in [5.41, 5.74) is 1.88. The quantitative estimate of drug-likeness (QED) is 0.887. The molecule has 4 heteroatoms. The lowest BCUT2D eigenvalue weighted by atomic mass is 9.97. The molecule has 2 rings (SSSR count). The molecule has 1 saturated heterocycles. The van der Waals surface area contributed by atoms with Crippen molar-refractivity contribution in [2.75, 3.05) is 31.7 Å². The first-order valence-electron chi connectivity index (χ1n) is 6.58. The smallest absolute Gasteiger partial charge is 0.0931 e. The molecule has 0 aliphatic carbocycles. The van der Waals surface area contributed by atoms with Crippen molar-refractivity contribution in [1.29, 1.82) is 0 Å². The van der Waals surface area contributed by atoms with Gasteiger partial charge < -0.3 is 14.7 Å². The average Bonchev–Trinajstić information content (AvgIpc) is 2.40. The van der Waals surface area contributed by atoms with Gasteiger partial charge in [0.25, 0.3) is 0 Å². The molecule has 0 saturated carbocycles. The number of aromatic nitrogens is 1. The van der Waals surface area contributed by atoms with Gasteiger partial charge >= 0.3 is 0 Å². The van der Waals surface area contributed by atoms with Gasteiger partial charge in [0.2, 0.25) is 0 Å². The number of anilines is 1. The maximum absolute atomic E-state index is 9.43. The van der Waals surface area contributed by atoms with Crippen LogP contribution in [0.4, 0.5) is 5.69 Å². The summed E-state index contributed by atoms with van der Waals surface area (Å²) in [6.45, 7) is 4.72. The summed E-state index contributed by atoms with van der Waals surface area (Å²) in [5.74, 6) is 0.691. The number of ether oxygens (including phenoxy) is 1. The molecular formula is C14H22N2O2. The molecule has 1 aliphatic heterocycles. The number of hydrogen-bond acceptors (Lipinski definition) is 4. The Morgan fingerprint density at radius 3 is 2.67 bits per heavy atom. The molecule has 0 unspecified atom stereocenters. The van der Waals surface area contributed by atoms with Crippen molar-refractivity contribution in [2.45, 2.75) is 25.9 Å². The topological polar surface area (TPSA) is 45.6 Å². The zero-order valence-electron chi connectivity index (χ0n) is 11.2. The average molecular weight is 250 g/mol. The van der Waals surface area contributed by atoms with Crippen LogP contribution in [0.3, 0.4) is 0 Å². The van der Waals surface area contributed by atoms with Gasteiger partial charge in [-0.1, -0.05) is 0 Å². The zero-order valence-corrected chi connectivity index (χ0v) is 11.2. The molecule has 0 radical (unpaired) electrons. The van der Waals surface area contributed by atoms with Crippen LogP contribution >= 0.6 is 0 Å². The summed E-state index contributed by atoms with van der Waals surface area (Å²) in [6.07, 6.45) is 3.71. The molecule has 1 fully saturated rings. The van der Waals surface area contributed by atoms with Crippen molar-refractivity contribution in [3.05, 3.63) is 24.0 Å². The Labute approximate surface area is 109 Å². The molecule has 100 valence electrons. The van der Waals surface area contributed by atoms with Gasteiger partial charge in [-0.15, -0.1) is 0 Å². The van der Waals surface area contributed by atoms with E-state index in [-0.39, 0.29) is 0 Å². The Bertz CT molecular complexity index is 357. The fourth-order valence-corrected chi connectivity index (χ4v) is 2.43. The molecule has 18 heavy (non-hydrogen) atoms. The van der Waals surface area contributed by atoms with Gasteiger partial charge in [-0.2, -0.15) is 0 Å². The Hall–Kier alpha value is -1.13. The van der Waals surface area contributed by atoms with Gasteiger partial charge in [0.1, 0.15) is 0 Å². The predicted molar refractivity (Wildman–Crippen MR) is 71.7 cm³/mol. The fraction of sp³-hybridized carbons (Fsp3) is 0.643. The third-order valence-corrected chi connectivity index (χ3v) is 3.58. The van der Waals surface area contributed by atoms with Crippen molar-refractivity contribution in [1.82, 2.24) is 4.98 Å². The summed E-state index contributed by atoms with van der Waals surface area (Å²) >= 11 is 0. The Morgan fingerprint density at radius 2 is 2.17 bits per heavy atom. The molecule has 1 N–H and O–H groups in total. The van der Waals surface area contributed by atoms with Crippen LogP contribution in [-0.4, -0.2) is 36.9 Å². The van der Waals surface area contributed by atoms with Gasteiger partial charge in [-0.3, -0.25) is 4.98 Å². The van der Waals surface area contributed by atoms with Crippen molar-refractivity contribution in [3.63, 3.8) is 0 Å². The van der Waals surface area contributed by atoms with Crippen LogP contribution in [0.2, 0.25) is 0 Å². The van der Waals surface area contributed by atoms with E-state index in [0.717, 1.165) is 31.1 Å². The first-order valence-corrected chi connectivity index (χ1v) is 6.58. The molecule has 1 aliphatic rings. The highest BCUT2D eigenvalue weighted by Gasteiger charge is 2.19. The highest BCUT2D eigenvalue weighted by Crippen LogP contribution is 2.23. The second-order valence-corrected chi connectivity index (χ2v) is 5.00. The maximum Gasteiger partial charge on any atom is 0.0931 e. The first kappa shape index (κ1) is 13.3. The van der Waals surface area contributed by atoms with Crippen molar-refractivity contribution in [2.24, 2.45) is 5.92 Å². The van der Waals surface area contributed by atoms with Gasteiger partial charge in [-0.25, -0.2) is 0 Å². The molecule has 1 atom stereocenters. The van der Waals surface area contributed by atoms with Gasteiger partial charge in [0, 0.05) is 26.8 Å². The van der Waals surface area contributed by atoms with E-state index in [0.29, 0.717) is 5.92 Å². The van der Waals surface area contributed by atoms with E-state index in [1.165, 1.54) is 12.8 Å². The minimum atomic E-state index is -0.494. The first-order chi connectivity index (χ1) is 8.70. The molecule has 0 aromatic carbocycles. The summed E-state index contributed by atoms with van der Waals surface area (Å²) < 4.78 is 5.21. The predicted octanol–water partition coefficient (Wildman–Crippen LogP) is 2.00. The van der Waals surface area contributed by atoms with Crippen molar-refractivity contribution < 1.29 is 9.84 Å². The van der Waals surface area contributed by atoms with Crippen LogP contribution in [-0.2, 0) is 4.74 Å². The minimum absolute atomic E-state index is 0.494. The fourth-order valence-electron chi connectivity index (χ4n) is 2.43. The molecular weight excluding hydrogens is 228 g/mol. The van der Waals surface area contributed by atoms with Crippen LogP contribution in [0.25, 0.3) is 0 Å². The molecule has 4 nitrogen and oxygen atoms in total. The van der Waals surface area contributed by atoms with Crippen LogP contribution in [0.15, 0.2) is 18.3 Å². The van der Waals surface area contributed by atoms with E-state index in [1.807, 2.05) is 18.3 Å². The second-order valence-electron chi connectivity index (χ2n) is 5.00. The van der Waals surface area contributed by atoms with Gasteiger partial charge in [-0.05, 0) is 37.8 Å². The van der Waals surface area contributed by atoms with Gasteiger partial charge in [0.05, 0.1) is 23.7 Å². The van der Waals surface area contributed by atoms with Gasteiger partial charge in [0.15, 0.2) is 0 Å². The molecule has 0 spiro atoms. The number of pyridine rings is 1. The summed E-state index contributed by atoms with van der Waals surface area (Å²) in [4.78, 5) is 6.64. The summed E-state index contributed by atoms with van der Waals surface area (Å²) in [6, 6.07) is 3.95. The van der Waals surface area contributed by atoms with E-state index < -0.39 is 6.10 Å². The SMILES string of the molecule is COCC1CCN(c2ccc([C@H](C)O)nc2)CC1. The molecule has 0 bridgehead atoms. The lowest BCUT2D eigenvalue weighted by molar-refractivity contribution is 0.139. The highest BCUT2D eigenvalue weighted by molar-refractivity contribution is 5.45. The number of methoxy groups -OCH3 is 1. The third-order valence-electron chi connectivity index (χ3n) is 3.58. The van der Waals surface area contributed by atoms with Crippen LogP contribution in [0, 0.1) is 5.92 Å². The second kappa shape index (κ2) is 6.16. The number of nitrogens with zero attached hydrogens (tertiary/aromatic N) is 2. The normalized spacial score (nSPS) is 18.9. The lowest BCUT2D eigenvalue weighted by Gasteiger charge is -2.33. The number of aliphatic hydroxyl groups excluding tert-OH is 1. The summed E-state index contributed by atoms with van der Waals surface area (Å²) in [5, 5.41) is 9.43. The van der Waals surface area contributed by atoms with E-state index >= 15 is 0 Å². The molecule has 0 amide bonds. The molecule has 1 aromatic rings. The monoisotopic (exact) mass is 250 g/mol. The van der Waals surface area contributed by atoms with E-state index in [9.17, 15) is 5.11 Å². The molecule has 1 aromatic heterocycles. The van der Waals surface area contributed by atoms with Crippen LogP contribution < -0.4 is 4.90 Å². The van der Waals surface area contributed by atoms with Crippen molar-refractivity contribution >= 4 is 5.69 Å². The number of piperidine rings is 1. The minimum Gasteiger partial charge on any atom is -0.387 e. The van der Waals surface area contributed by atoms with Crippen molar-refractivity contribution in [3.8, 4) is 0 Å². The van der Waals surface area contributed by atoms with E-state index in [1.54, 1.807) is 14.0 Å².